The fraction of sp³-hybridized carbons (Fsp3) is 0.444. The van der Waals surface area contributed by atoms with Crippen molar-refractivity contribution in [3.8, 4) is 0 Å². The van der Waals surface area contributed by atoms with E-state index in [1.807, 2.05) is 30.3 Å². The molecule has 1 aliphatic carbocycles. The van der Waals surface area contributed by atoms with E-state index in [4.69, 9.17) is 0 Å². The number of aromatic nitrogens is 1. The number of carbonyl (C=O) groups is 1. The van der Waals surface area contributed by atoms with E-state index < -0.39 is 0 Å². The van der Waals surface area contributed by atoms with Crippen LogP contribution in [-0.2, 0) is 0 Å². The monoisotopic (exact) mass is 280 g/mol. The molecule has 0 bridgehead atoms. The smallest absolute Gasteiger partial charge is 0.181 e. The van der Waals surface area contributed by atoms with E-state index in [2.05, 4.69) is 10.3 Å². The van der Waals surface area contributed by atoms with Gasteiger partial charge < -0.3 is 5.32 Å². The van der Waals surface area contributed by atoms with Crippen molar-refractivity contribution in [3.63, 3.8) is 0 Å². The molecule has 2 aromatic rings. The zero-order chi connectivity index (χ0) is 14.2. The first-order chi connectivity index (χ1) is 10.3. The molecule has 21 heavy (non-hydrogen) atoms. The number of pyridine rings is 1. The number of para-hydroxylation sites is 1. The molecule has 3 atom stereocenters. The maximum absolute atomic E-state index is 12.7. The average Bonchev–Trinajstić information content (AvgIpc) is 2.97. The Morgan fingerprint density at radius 2 is 2.05 bits per heavy atom. The number of hydrogen-bond acceptors (Lipinski definition) is 3. The minimum atomic E-state index is -0.0129. The maximum atomic E-state index is 12.7. The van der Waals surface area contributed by atoms with Crippen LogP contribution in [0.4, 0.5) is 0 Å². The van der Waals surface area contributed by atoms with Gasteiger partial charge in [0.25, 0.3) is 0 Å². The maximum Gasteiger partial charge on any atom is 0.181 e. The molecule has 4 rings (SSSR count). The van der Waals surface area contributed by atoms with Crippen LogP contribution in [0.5, 0.6) is 0 Å². The van der Waals surface area contributed by atoms with Gasteiger partial charge in [-0.25, -0.2) is 0 Å². The summed E-state index contributed by atoms with van der Waals surface area (Å²) in [5, 5.41) is 4.60. The molecule has 1 aromatic heterocycles. The van der Waals surface area contributed by atoms with Gasteiger partial charge in [0.05, 0.1) is 11.6 Å². The quantitative estimate of drug-likeness (QED) is 0.858. The van der Waals surface area contributed by atoms with E-state index in [0.29, 0.717) is 12.0 Å². The van der Waals surface area contributed by atoms with Gasteiger partial charge in [0.2, 0.25) is 0 Å². The molecule has 2 heterocycles. The van der Waals surface area contributed by atoms with Crippen LogP contribution < -0.4 is 5.32 Å². The van der Waals surface area contributed by atoms with Crippen molar-refractivity contribution < 1.29 is 4.79 Å². The van der Waals surface area contributed by atoms with Gasteiger partial charge in [-0.2, -0.15) is 0 Å². The number of nitrogens with one attached hydrogen (secondary N) is 1. The molecule has 0 amide bonds. The molecular weight excluding hydrogens is 260 g/mol. The molecule has 3 unspecified atom stereocenters. The second kappa shape index (κ2) is 5.23. The van der Waals surface area contributed by atoms with E-state index >= 15 is 0 Å². The lowest BCUT2D eigenvalue weighted by atomic mass is 9.84. The van der Waals surface area contributed by atoms with Crippen LogP contribution in [0, 0.1) is 5.92 Å². The van der Waals surface area contributed by atoms with E-state index in [0.717, 1.165) is 22.9 Å². The van der Waals surface area contributed by atoms with Crippen LogP contribution in [0.3, 0.4) is 0 Å². The Hall–Kier alpha value is -1.74. The van der Waals surface area contributed by atoms with Crippen LogP contribution in [0.1, 0.15) is 42.5 Å². The first-order valence-electron chi connectivity index (χ1n) is 7.96. The third-order valence-electron chi connectivity index (χ3n) is 5.05. The Morgan fingerprint density at radius 3 is 2.95 bits per heavy atom. The molecule has 1 saturated carbocycles. The number of hydrogen-bond donors (Lipinski definition) is 1. The summed E-state index contributed by atoms with van der Waals surface area (Å²) in [6, 6.07) is 10.5. The summed E-state index contributed by atoms with van der Waals surface area (Å²) in [7, 11) is 0. The number of ketones is 1. The third kappa shape index (κ3) is 2.36. The highest BCUT2D eigenvalue weighted by atomic mass is 16.1. The Morgan fingerprint density at radius 1 is 1.19 bits per heavy atom. The van der Waals surface area contributed by atoms with Gasteiger partial charge in [-0.1, -0.05) is 31.0 Å². The molecule has 1 aromatic carbocycles. The highest BCUT2D eigenvalue weighted by molar-refractivity contribution is 6.02. The molecule has 2 aliphatic rings. The van der Waals surface area contributed by atoms with E-state index in [-0.39, 0.29) is 11.8 Å². The van der Waals surface area contributed by atoms with Gasteiger partial charge in [-0.3, -0.25) is 9.78 Å². The number of benzene rings is 1. The highest BCUT2D eigenvalue weighted by Crippen LogP contribution is 2.34. The van der Waals surface area contributed by atoms with Gasteiger partial charge in [-0.05, 0) is 37.3 Å². The topological polar surface area (TPSA) is 42.0 Å². The number of Topliss-reactive ketones (excluding diaryl/α,β-unsaturated/α-hetero) is 1. The molecule has 1 N–H and O–H groups in total. The summed E-state index contributed by atoms with van der Waals surface area (Å²) < 4.78 is 0. The zero-order valence-electron chi connectivity index (χ0n) is 12.1. The fourth-order valence-electron chi connectivity index (χ4n) is 3.93. The molecule has 3 heteroatoms. The lowest BCUT2D eigenvalue weighted by Gasteiger charge is -2.24. The first-order valence-corrected chi connectivity index (χ1v) is 7.96. The third-order valence-corrected chi connectivity index (χ3v) is 5.05. The van der Waals surface area contributed by atoms with Gasteiger partial charge in [0.1, 0.15) is 0 Å². The van der Waals surface area contributed by atoms with Crippen molar-refractivity contribution in [2.24, 2.45) is 5.92 Å². The molecule has 1 saturated heterocycles. The van der Waals surface area contributed by atoms with Crippen LogP contribution in [-0.4, -0.2) is 22.9 Å². The predicted octanol–water partition coefficient (Wildman–Crippen LogP) is 3.34. The Bertz CT molecular complexity index is 668. The molecule has 0 radical (unpaired) electrons. The van der Waals surface area contributed by atoms with Crippen LogP contribution >= 0.6 is 0 Å². The minimum Gasteiger partial charge on any atom is -0.304 e. The lowest BCUT2D eigenvalue weighted by Crippen LogP contribution is -2.37. The molecule has 2 fully saturated rings. The van der Waals surface area contributed by atoms with Gasteiger partial charge in [-0.15, -0.1) is 0 Å². The molecular formula is C18H20N2O. The summed E-state index contributed by atoms with van der Waals surface area (Å²) in [6.07, 6.45) is 7.85. The number of fused-ring (bicyclic) bond motifs is 2. The van der Waals surface area contributed by atoms with Crippen molar-refractivity contribution in [3.05, 3.63) is 42.1 Å². The standard InChI is InChI=1S/C18H20N2O/c21-18(17-10-13-6-2-4-8-16(13)20-17)14-9-12-5-1-3-7-15(12)19-11-14/h1,3,5,7,9,11,13,16-17,20H,2,4,6,8,10H2. The van der Waals surface area contributed by atoms with Crippen LogP contribution in [0.25, 0.3) is 10.9 Å². The van der Waals surface area contributed by atoms with Crippen LogP contribution in [0.15, 0.2) is 36.5 Å². The summed E-state index contributed by atoms with van der Waals surface area (Å²) in [4.78, 5) is 17.1. The number of rotatable bonds is 2. The minimum absolute atomic E-state index is 0.0129. The van der Waals surface area contributed by atoms with Gasteiger partial charge >= 0.3 is 0 Å². The molecule has 0 spiro atoms. The van der Waals surface area contributed by atoms with Crippen LogP contribution in [0.2, 0.25) is 0 Å². The summed E-state index contributed by atoms with van der Waals surface area (Å²) >= 11 is 0. The van der Waals surface area contributed by atoms with E-state index in [1.54, 1.807) is 6.20 Å². The van der Waals surface area contributed by atoms with Crippen molar-refractivity contribution in [2.75, 3.05) is 0 Å². The summed E-state index contributed by atoms with van der Waals surface area (Å²) in [5.41, 5.74) is 1.69. The largest absolute Gasteiger partial charge is 0.304 e. The van der Waals surface area contributed by atoms with E-state index in [1.165, 1.54) is 25.7 Å². The molecule has 1 aliphatic heterocycles. The van der Waals surface area contributed by atoms with Crippen molar-refractivity contribution in [2.45, 2.75) is 44.2 Å². The van der Waals surface area contributed by atoms with Crippen molar-refractivity contribution in [1.82, 2.24) is 10.3 Å². The SMILES string of the molecule is O=C(c1cnc2ccccc2c1)C1CC2CCCCC2N1. The molecule has 3 nitrogen and oxygen atoms in total. The van der Waals surface area contributed by atoms with Crippen molar-refractivity contribution in [1.29, 1.82) is 0 Å². The number of carbonyl (C=O) groups excluding carboxylic acids is 1. The summed E-state index contributed by atoms with van der Waals surface area (Å²) in [5.74, 6) is 0.906. The normalized spacial score (nSPS) is 28.5. The second-order valence-corrected chi connectivity index (χ2v) is 6.39. The Balaban J connectivity index is 1.58. The second-order valence-electron chi connectivity index (χ2n) is 6.39. The zero-order valence-corrected chi connectivity index (χ0v) is 12.1. The Kier molecular flexibility index (Phi) is 3.23. The first kappa shape index (κ1) is 13.0. The average molecular weight is 280 g/mol. The highest BCUT2D eigenvalue weighted by Gasteiger charge is 2.38. The van der Waals surface area contributed by atoms with E-state index in [9.17, 15) is 4.79 Å². The van der Waals surface area contributed by atoms with Gasteiger partial charge in [0.15, 0.2) is 5.78 Å². The fourth-order valence-corrected chi connectivity index (χ4v) is 3.93. The molecule has 108 valence electrons. The van der Waals surface area contributed by atoms with Crippen molar-refractivity contribution >= 4 is 16.7 Å². The van der Waals surface area contributed by atoms with Gasteiger partial charge in [0, 0.05) is 23.2 Å². The Labute approximate surface area is 124 Å². The number of nitrogens with zero attached hydrogens (tertiary/aromatic N) is 1. The summed E-state index contributed by atoms with van der Waals surface area (Å²) in [6.45, 7) is 0. The lowest BCUT2D eigenvalue weighted by molar-refractivity contribution is 0.0949. The predicted molar refractivity (Wildman–Crippen MR) is 83.4 cm³/mol.